The van der Waals surface area contributed by atoms with Crippen LogP contribution < -0.4 is 9.64 Å². The average molecular weight is 508 g/mol. The Balaban J connectivity index is 1.32. The molecule has 1 saturated heterocycles. The van der Waals surface area contributed by atoms with Gasteiger partial charge in [-0.2, -0.15) is 5.10 Å². The first-order chi connectivity index (χ1) is 17.9. The molecule has 0 spiro atoms. The van der Waals surface area contributed by atoms with Crippen molar-refractivity contribution in [2.24, 2.45) is 5.92 Å². The second kappa shape index (κ2) is 10.8. The highest BCUT2D eigenvalue weighted by Gasteiger charge is 2.29. The smallest absolute Gasteiger partial charge is 0.244 e. The quantitative estimate of drug-likeness (QED) is 0.501. The van der Waals surface area contributed by atoms with Crippen LogP contribution in [0.1, 0.15) is 49.9 Å². The van der Waals surface area contributed by atoms with E-state index >= 15 is 0 Å². The summed E-state index contributed by atoms with van der Waals surface area (Å²) in [7, 11) is 1.58. The van der Waals surface area contributed by atoms with Crippen LogP contribution in [0, 0.1) is 18.7 Å². The summed E-state index contributed by atoms with van der Waals surface area (Å²) in [4.78, 5) is 30.7. The first-order valence-electron chi connectivity index (χ1n) is 13.0. The molecule has 196 valence electrons. The summed E-state index contributed by atoms with van der Waals surface area (Å²) in [6.07, 6.45) is 5.93. The van der Waals surface area contributed by atoms with E-state index in [4.69, 9.17) is 14.8 Å². The predicted octanol–water partition coefficient (Wildman–Crippen LogP) is 3.83. The molecule has 3 aromatic rings. The number of halogens is 1. The third-order valence-electron chi connectivity index (χ3n) is 7.50. The van der Waals surface area contributed by atoms with Crippen molar-refractivity contribution in [2.75, 3.05) is 38.2 Å². The van der Waals surface area contributed by atoms with Crippen LogP contribution in [0.15, 0.2) is 30.6 Å². The Morgan fingerprint density at radius 2 is 1.95 bits per heavy atom. The molecule has 2 fully saturated rings. The van der Waals surface area contributed by atoms with Gasteiger partial charge in [0.05, 0.1) is 7.11 Å². The summed E-state index contributed by atoms with van der Waals surface area (Å²) in [5.74, 6) is 3.38. The van der Waals surface area contributed by atoms with Crippen molar-refractivity contribution in [2.45, 2.75) is 52.0 Å². The zero-order valence-corrected chi connectivity index (χ0v) is 21.7. The zero-order valence-electron chi connectivity index (χ0n) is 21.7. The topological polar surface area (TPSA) is 89.3 Å². The normalized spacial score (nSPS) is 20.2. The van der Waals surface area contributed by atoms with E-state index in [0.29, 0.717) is 49.4 Å². The van der Waals surface area contributed by atoms with Gasteiger partial charge in [0.2, 0.25) is 11.8 Å². The van der Waals surface area contributed by atoms with Crippen LogP contribution in [-0.2, 0) is 11.3 Å². The lowest BCUT2D eigenvalue weighted by molar-refractivity contribution is -0.132. The Kier molecular flexibility index (Phi) is 7.34. The van der Waals surface area contributed by atoms with Crippen LogP contribution in [0.5, 0.6) is 5.88 Å². The SMILES string of the molecule is COc1cc(N2CCN(C(=O)Cn3nc(-c4ccc(F)c(C)c4)nc3C3CCCC(C)C3)CC2)ncn1. The lowest BCUT2D eigenvalue weighted by Crippen LogP contribution is -2.50. The number of carbonyl (C=O) groups is 1. The molecule has 1 aliphatic heterocycles. The highest BCUT2D eigenvalue weighted by molar-refractivity contribution is 5.76. The van der Waals surface area contributed by atoms with Crippen molar-refractivity contribution in [3.05, 3.63) is 47.8 Å². The molecule has 37 heavy (non-hydrogen) atoms. The van der Waals surface area contributed by atoms with E-state index < -0.39 is 0 Å². The predicted molar refractivity (Wildman–Crippen MR) is 138 cm³/mol. The third-order valence-corrected chi connectivity index (χ3v) is 7.50. The summed E-state index contributed by atoms with van der Waals surface area (Å²) in [6, 6.07) is 6.73. The van der Waals surface area contributed by atoms with E-state index in [9.17, 15) is 9.18 Å². The molecule has 9 nitrogen and oxygen atoms in total. The highest BCUT2D eigenvalue weighted by atomic mass is 19.1. The average Bonchev–Trinajstić information content (AvgIpc) is 3.34. The van der Waals surface area contributed by atoms with Crippen molar-refractivity contribution in [3.63, 3.8) is 0 Å². The van der Waals surface area contributed by atoms with Crippen LogP contribution in [0.3, 0.4) is 0 Å². The fourth-order valence-electron chi connectivity index (χ4n) is 5.37. The number of amides is 1. The number of aryl methyl sites for hydroxylation is 1. The van der Waals surface area contributed by atoms with E-state index in [1.54, 1.807) is 30.8 Å². The van der Waals surface area contributed by atoms with E-state index in [1.807, 2.05) is 11.0 Å². The molecule has 0 bridgehead atoms. The van der Waals surface area contributed by atoms with Crippen LogP contribution >= 0.6 is 0 Å². The van der Waals surface area contributed by atoms with Gasteiger partial charge in [-0.1, -0.05) is 19.8 Å². The molecule has 2 atom stereocenters. The minimum absolute atomic E-state index is 0.0248. The minimum atomic E-state index is -0.251. The maximum absolute atomic E-state index is 13.9. The van der Waals surface area contributed by atoms with Crippen molar-refractivity contribution >= 4 is 11.7 Å². The third kappa shape index (κ3) is 5.57. The summed E-state index contributed by atoms with van der Waals surface area (Å²) in [6.45, 7) is 6.70. The first-order valence-corrected chi connectivity index (χ1v) is 13.0. The molecule has 1 aromatic carbocycles. The van der Waals surface area contributed by atoms with Gasteiger partial charge in [0.15, 0.2) is 5.82 Å². The van der Waals surface area contributed by atoms with E-state index in [1.165, 1.54) is 18.8 Å². The molecule has 5 rings (SSSR count). The molecule has 2 unspecified atom stereocenters. The maximum atomic E-state index is 13.9. The molecule has 1 saturated carbocycles. The van der Waals surface area contributed by atoms with Gasteiger partial charge in [0.25, 0.3) is 0 Å². The monoisotopic (exact) mass is 507 g/mol. The molecule has 1 aliphatic carbocycles. The number of ether oxygens (including phenoxy) is 1. The second-order valence-electron chi connectivity index (χ2n) is 10.2. The molecule has 2 aromatic heterocycles. The van der Waals surface area contributed by atoms with E-state index in [-0.39, 0.29) is 24.2 Å². The number of benzene rings is 1. The number of aromatic nitrogens is 5. The summed E-state index contributed by atoms with van der Waals surface area (Å²) in [5.41, 5.74) is 1.32. The van der Waals surface area contributed by atoms with Crippen molar-refractivity contribution in [3.8, 4) is 17.3 Å². The molecule has 10 heteroatoms. The van der Waals surface area contributed by atoms with Gasteiger partial charge in [-0.25, -0.2) is 24.0 Å². The van der Waals surface area contributed by atoms with Crippen LogP contribution in [0.2, 0.25) is 0 Å². The number of hydrogen-bond acceptors (Lipinski definition) is 7. The van der Waals surface area contributed by atoms with E-state index in [0.717, 1.165) is 36.5 Å². The standard InChI is InChI=1S/C27H34FN7O2/c1-18-5-4-6-21(13-18)27-31-26(20-7-8-22(28)19(2)14-20)32-35(27)16-25(36)34-11-9-33(10-12-34)23-15-24(37-3)30-17-29-23/h7-8,14-15,17-18,21H,4-6,9-13,16H2,1-3H3. The van der Waals surface area contributed by atoms with Crippen molar-refractivity contribution < 1.29 is 13.9 Å². The summed E-state index contributed by atoms with van der Waals surface area (Å²) in [5, 5.41) is 4.76. The number of anilines is 1. The molecule has 0 N–H and O–H groups in total. The van der Waals surface area contributed by atoms with Crippen LogP contribution in [-0.4, -0.2) is 68.8 Å². The van der Waals surface area contributed by atoms with Crippen LogP contribution in [0.4, 0.5) is 10.2 Å². The van der Waals surface area contributed by atoms with Gasteiger partial charge < -0.3 is 14.5 Å². The summed E-state index contributed by atoms with van der Waals surface area (Å²) >= 11 is 0. The Hall–Kier alpha value is -3.56. The molecule has 2 aliphatic rings. The fraction of sp³-hybridized carbons (Fsp3) is 0.519. The van der Waals surface area contributed by atoms with E-state index in [2.05, 4.69) is 21.8 Å². The Morgan fingerprint density at radius 3 is 2.68 bits per heavy atom. The van der Waals surface area contributed by atoms with Gasteiger partial charge in [0.1, 0.15) is 30.3 Å². The van der Waals surface area contributed by atoms with Gasteiger partial charge in [0, 0.05) is 43.7 Å². The lowest BCUT2D eigenvalue weighted by atomic mass is 9.82. The number of rotatable bonds is 6. The van der Waals surface area contributed by atoms with Gasteiger partial charge in [-0.3, -0.25) is 4.79 Å². The van der Waals surface area contributed by atoms with Gasteiger partial charge in [-0.15, -0.1) is 0 Å². The van der Waals surface area contributed by atoms with Crippen molar-refractivity contribution in [1.82, 2.24) is 29.6 Å². The molecular weight excluding hydrogens is 473 g/mol. The summed E-state index contributed by atoms with van der Waals surface area (Å²) < 4.78 is 20.9. The Bertz CT molecular complexity index is 1260. The number of methoxy groups -OCH3 is 1. The zero-order chi connectivity index (χ0) is 25.9. The lowest BCUT2D eigenvalue weighted by Gasteiger charge is -2.35. The van der Waals surface area contributed by atoms with Gasteiger partial charge in [-0.05, 0) is 49.4 Å². The Labute approximate surface area is 216 Å². The Morgan fingerprint density at radius 1 is 1.14 bits per heavy atom. The second-order valence-corrected chi connectivity index (χ2v) is 10.2. The number of carbonyl (C=O) groups excluding carboxylic acids is 1. The number of piperazine rings is 1. The maximum Gasteiger partial charge on any atom is 0.244 e. The molecule has 1 amide bonds. The highest BCUT2D eigenvalue weighted by Crippen LogP contribution is 2.36. The molecular formula is C27H34FN7O2. The minimum Gasteiger partial charge on any atom is -0.481 e. The largest absolute Gasteiger partial charge is 0.481 e. The molecule has 3 heterocycles. The molecule has 0 radical (unpaired) electrons. The van der Waals surface area contributed by atoms with Gasteiger partial charge >= 0.3 is 0 Å². The number of hydrogen-bond donors (Lipinski definition) is 0. The number of nitrogens with zero attached hydrogens (tertiary/aromatic N) is 7. The van der Waals surface area contributed by atoms with Crippen LogP contribution in [0.25, 0.3) is 11.4 Å². The first kappa shape index (κ1) is 25.1. The van der Waals surface area contributed by atoms with Crippen molar-refractivity contribution in [1.29, 1.82) is 0 Å². The fourth-order valence-corrected chi connectivity index (χ4v) is 5.37.